The van der Waals surface area contributed by atoms with Crippen molar-refractivity contribution in [3.05, 3.63) is 93.6 Å². The van der Waals surface area contributed by atoms with Gasteiger partial charge < -0.3 is 14.7 Å². The number of carbonyl (C=O) groups excluding carboxylic acids is 1. The molecule has 9 heteroatoms. The highest BCUT2D eigenvalue weighted by Crippen LogP contribution is 2.43. The molecule has 0 aliphatic carbocycles. The van der Waals surface area contributed by atoms with Crippen LogP contribution >= 0.6 is 23.2 Å². The first kappa shape index (κ1) is 23.2. The van der Waals surface area contributed by atoms with Gasteiger partial charge in [0.25, 0.3) is 0 Å². The number of hydrogen-bond acceptors (Lipinski definition) is 4. The molecule has 0 saturated carbocycles. The van der Waals surface area contributed by atoms with Crippen LogP contribution in [0.25, 0.3) is 10.9 Å². The molecule has 35 heavy (non-hydrogen) atoms. The van der Waals surface area contributed by atoms with E-state index in [1.165, 1.54) is 0 Å². The highest BCUT2D eigenvalue weighted by atomic mass is 35.5. The number of hydrogen-bond donors (Lipinski definition) is 1. The van der Waals surface area contributed by atoms with Crippen molar-refractivity contribution in [3.8, 4) is 5.75 Å². The summed E-state index contributed by atoms with van der Waals surface area (Å²) in [6.45, 7) is 0.342. The zero-order valence-electron chi connectivity index (χ0n) is 18.5. The Morgan fingerprint density at radius 3 is 2.63 bits per heavy atom. The number of carboxylic acids is 1. The molecule has 1 N–H and O–H groups in total. The van der Waals surface area contributed by atoms with Crippen molar-refractivity contribution in [1.82, 2.24) is 14.7 Å². The predicted molar refractivity (Wildman–Crippen MR) is 133 cm³/mol. The van der Waals surface area contributed by atoms with Gasteiger partial charge in [0, 0.05) is 34.0 Å². The minimum atomic E-state index is -1.08. The second-order valence-corrected chi connectivity index (χ2v) is 9.18. The number of aromatic nitrogens is 2. The molecule has 1 unspecified atom stereocenters. The maximum Gasteiger partial charge on any atom is 0.341 e. The Hall–Kier alpha value is -3.55. The molecular formula is C26H21Cl2N3O4. The van der Waals surface area contributed by atoms with E-state index >= 15 is 0 Å². The van der Waals surface area contributed by atoms with Crippen LogP contribution in [-0.4, -0.2) is 38.3 Å². The van der Waals surface area contributed by atoms with Gasteiger partial charge in [-0.15, -0.1) is 0 Å². The first-order chi connectivity index (χ1) is 16.9. The third kappa shape index (κ3) is 4.70. The Morgan fingerprint density at radius 1 is 1.03 bits per heavy atom. The third-order valence-electron chi connectivity index (χ3n) is 6.08. The molecule has 0 saturated heterocycles. The van der Waals surface area contributed by atoms with Gasteiger partial charge in [0.15, 0.2) is 6.61 Å². The average molecular weight is 510 g/mol. The number of benzene rings is 3. The molecule has 3 aromatic carbocycles. The number of rotatable bonds is 7. The van der Waals surface area contributed by atoms with E-state index in [9.17, 15) is 9.59 Å². The predicted octanol–water partition coefficient (Wildman–Crippen LogP) is 5.33. The monoisotopic (exact) mass is 509 g/mol. The van der Waals surface area contributed by atoms with Gasteiger partial charge in [-0.3, -0.25) is 9.48 Å². The summed E-state index contributed by atoms with van der Waals surface area (Å²) in [5, 5.41) is 15.5. The second-order valence-electron chi connectivity index (χ2n) is 8.31. The van der Waals surface area contributed by atoms with Crippen molar-refractivity contribution in [3.63, 3.8) is 0 Å². The molecule has 0 spiro atoms. The van der Waals surface area contributed by atoms with Crippen LogP contribution in [-0.2, 0) is 22.7 Å². The fraction of sp³-hybridized carbons (Fsp3) is 0.192. The summed E-state index contributed by atoms with van der Waals surface area (Å²) in [4.78, 5) is 26.4. The Labute approximate surface area is 211 Å². The standard InChI is InChI=1S/C26H21Cl2N3O4/c27-18-5-7-22-17(11-18)13-29-31(22)10-9-24(32)30-14-16-3-1-2-4-20(16)26(30)21-12-19(28)6-8-23(21)35-15-25(33)34/h1-8,11-13,26H,9-10,14-15H2,(H,33,34). The maximum atomic E-state index is 13.5. The highest BCUT2D eigenvalue weighted by Gasteiger charge is 2.36. The van der Waals surface area contributed by atoms with Gasteiger partial charge in [-0.05, 0) is 47.5 Å². The number of carbonyl (C=O) groups is 2. The van der Waals surface area contributed by atoms with E-state index in [-0.39, 0.29) is 12.3 Å². The van der Waals surface area contributed by atoms with Crippen LogP contribution in [0, 0.1) is 0 Å². The lowest BCUT2D eigenvalue weighted by atomic mass is 9.97. The zero-order valence-corrected chi connectivity index (χ0v) is 20.0. The first-order valence-electron chi connectivity index (χ1n) is 11.0. The number of ether oxygens (including phenoxy) is 1. The van der Waals surface area contributed by atoms with E-state index in [1.807, 2.05) is 36.4 Å². The minimum Gasteiger partial charge on any atom is -0.482 e. The van der Waals surface area contributed by atoms with Crippen molar-refractivity contribution in [2.24, 2.45) is 0 Å². The van der Waals surface area contributed by atoms with E-state index in [2.05, 4.69) is 5.10 Å². The summed E-state index contributed by atoms with van der Waals surface area (Å²) in [7, 11) is 0. The SMILES string of the molecule is O=C(O)COc1ccc(Cl)cc1C1c2ccccc2CN1C(=O)CCn1ncc2cc(Cl)ccc21. The van der Waals surface area contributed by atoms with Crippen molar-refractivity contribution >= 4 is 46.0 Å². The Bertz CT molecular complexity index is 1440. The topological polar surface area (TPSA) is 84.7 Å². The lowest BCUT2D eigenvalue weighted by Gasteiger charge is -2.27. The molecule has 1 aromatic heterocycles. The molecule has 1 amide bonds. The average Bonchev–Trinajstić information content (AvgIpc) is 3.42. The normalized spacial score (nSPS) is 14.8. The summed E-state index contributed by atoms with van der Waals surface area (Å²) in [6.07, 6.45) is 1.97. The summed E-state index contributed by atoms with van der Waals surface area (Å²) in [6, 6.07) is 17.9. The van der Waals surface area contributed by atoms with Gasteiger partial charge in [0.05, 0.1) is 24.3 Å². The van der Waals surface area contributed by atoms with Gasteiger partial charge in [0.2, 0.25) is 5.91 Å². The molecule has 2 heterocycles. The molecule has 1 aliphatic rings. The summed E-state index contributed by atoms with van der Waals surface area (Å²) < 4.78 is 7.36. The van der Waals surface area contributed by atoms with E-state index in [1.54, 1.807) is 40.0 Å². The van der Waals surface area contributed by atoms with Crippen LogP contribution in [0.4, 0.5) is 0 Å². The summed E-state index contributed by atoms with van der Waals surface area (Å²) in [5.41, 5.74) is 3.54. The lowest BCUT2D eigenvalue weighted by molar-refractivity contribution is -0.139. The molecule has 1 aliphatic heterocycles. The van der Waals surface area contributed by atoms with Crippen LogP contribution in [0.2, 0.25) is 10.0 Å². The van der Waals surface area contributed by atoms with Crippen LogP contribution in [0.1, 0.15) is 29.2 Å². The number of halogens is 2. The molecule has 1 atom stereocenters. The molecule has 4 aromatic rings. The first-order valence-corrected chi connectivity index (χ1v) is 11.8. The van der Waals surface area contributed by atoms with Gasteiger partial charge in [-0.1, -0.05) is 47.5 Å². The van der Waals surface area contributed by atoms with E-state index in [4.69, 9.17) is 33.0 Å². The number of aryl methyl sites for hydroxylation is 1. The Kier molecular flexibility index (Phi) is 6.36. The van der Waals surface area contributed by atoms with Crippen LogP contribution in [0.5, 0.6) is 5.75 Å². The summed E-state index contributed by atoms with van der Waals surface area (Å²) >= 11 is 12.4. The van der Waals surface area contributed by atoms with Gasteiger partial charge in [-0.25, -0.2) is 4.79 Å². The van der Waals surface area contributed by atoms with E-state index in [0.717, 1.165) is 22.0 Å². The second kappa shape index (κ2) is 9.60. The molecule has 0 radical (unpaired) electrons. The summed E-state index contributed by atoms with van der Waals surface area (Å²) in [5.74, 6) is -0.766. The molecule has 178 valence electrons. The molecule has 0 fully saturated rings. The number of aliphatic carboxylic acids is 1. The number of fused-ring (bicyclic) bond motifs is 2. The Balaban J connectivity index is 1.45. The molecule has 7 nitrogen and oxygen atoms in total. The molecule has 0 bridgehead atoms. The fourth-order valence-electron chi connectivity index (χ4n) is 4.54. The number of carboxylic acid groups (broad SMARTS) is 1. The number of nitrogens with zero attached hydrogens (tertiary/aromatic N) is 3. The smallest absolute Gasteiger partial charge is 0.341 e. The molecular weight excluding hydrogens is 489 g/mol. The van der Waals surface area contributed by atoms with E-state index < -0.39 is 18.6 Å². The van der Waals surface area contributed by atoms with Crippen molar-refractivity contribution in [1.29, 1.82) is 0 Å². The fourth-order valence-corrected chi connectivity index (χ4v) is 4.90. The van der Waals surface area contributed by atoms with Gasteiger partial charge >= 0.3 is 5.97 Å². The van der Waals surface area contributed by atoms with Crippen LogP contribution < -0.4 is 4.74 Å². The van der Waals surface area contributed by atoms with Crippen LogP contribution in [0.3, 0.4) is 0 Å². The molecule has 5 rings (SSSR count). The lowest BCUT2D eigenvalue weighted by Crippen LogP contribution is -2.31. The van der Waals surface area contributed by atoms with Crippen molar-refractivity contribution in [2.75, 3.05) is 6.61 Å². The van der Waals surface area contributed by atoms with Gasteiger partial charge in [0.1, 0.15) is 5.75 Å². The van der Waals surface area contributed by atoms with Crippen LogP contribution in [0.15, 0.2) is 66.9 Å². The third-order valence-corrected chi connectivity index (χ3v) is 6.55. The highest BCUT2D eigenvalue weighted by molar-refractivity contribution is 6.31. The minimum absolute atomic E-state index is 0.0621. The largest absolute Gasteiger partial charge is 0.482 e. The van der Waals surface area contributed by atoms with Gasteiger partial charge in [-0.2, -0.15) is 5.10 Å². The quantitative estimate of drug-likeness (QED) is 0.364. The Morgan fingerprint density at radius 2 is 1.80 bits per heavy atom. The maximum absolute atomic E-state index is 13.5. The zero-order chi connectivity index (χ0) is 24.5. The van der Waals surface area contributed by atoms with Crippen molar-refractivity contribution < 1.29 is 19.4 Å². The number of amides is 1. The van der Waals surface area contributed by atoms with E-state index in [0.29, 0.717) is 34.4 Å². The van der Waals surface area contributed by atoms with Crippen molar-refractivity contribution in [2.45, 2.75) is 25.6 Å².